The fourth-order valence-corrected chi connectivity index (χ4v) is 5.38. The number of thiazole rings is 1. The Hall–Kier alpha value is -2.96. The van der Waals surface area contributed by atoms with E-state index in [0.717, 1.165) is 44.7 Å². The van der Waals surface area contributed by atoms with Gasteiger partial charge in [-0.1, -0.05) is 54.6 Å². The maximum absolute atomic E-state index is 6.00. The Morgan fingerprint density at radius 2 is 1.71 bits per heavy atom. The first kappa shape index (κ1) is 20.0. The van der Waals surface area contributed by atoms with Gasteiger partial charge in [-0.05, 0) is 48.7 Å². The normalized spacial score (nSPS) is 16.4. The number of rotatable bonds is 6. The molecule has 0 unspecified atom stereocenters. The van der Waals surface area contributed by atoms with Crippen molar-refractivity contribution < 1.29 is 0 Å². The van der Waals surface area contributed by atoms with Gasteiger partial charge in [-0.3, -0.25) is 9.58 Å². The number of hydrogen-bond donors (Lipinski definition) is 1. The van der Waals surface area contributed by atoms with Crippen LogP contribution in [0.25, 0.3) is 0 Å². The highest BCUT2D eigenvalue weighted by atomic mass is 32.1. The molecular formula is C25H27N5S. The molecule has 0 radical (unpaired) electrons. The van der Waals surface area contributed by atoms with Gasteiger partial charge < -0.3 is 5.73 Å². The first-order chi connectivity index (χ1) is 15.2. The van der Waals surface area contributed by atoms with Crippen molar-refractivity contribution in [3.05, 3.63) is 101 Å². The van der Waals surface area contributed by atoms with E-state index >= 15 is 0 Å². The van der Waals surface area contributed by atoms with Gasteiger partial charge in [-0.15, -0.1) is 11.3 Å². The number of piperidine rings is 1. The van der Waals surface area contributed by atoms with Crippen molar-refractivity contribution in [2.45, 2.75) is 31.3 Å². The maximum atomic E-state index is 6.00. The molecule has 6 heteroatoms. The fourth-order valence-electron chi connectivity index (χ4n) is 4.72. The Labute approximate surface area is 187 Å². The zero-order chi connectivity index (χ0) is 21.1. The van der Waals surface area contributed by atoms with Gasteiger partial charge in [0, 0.05) is 29.7 Å². The van der Waals surface area contributed by atoms with Gasteiger partial charge >= 0.3 is 0 Å². The lowest BCUT2D eigenvalue weighted by molar-refractivity contribution is 0.170. The third-order valence-electron chi connectivity index (χ3n) is 6.35. The number of benzene rings is 2. The second-order valence-corrected chi connectivity index (χ2v) is 9.21. The van der Waals surface area contributed by atoms with Gasteiger partial charge in [0.25, 0.3) is 0 Å². The van der Waals surface area contributed by atoms with Gasteiger partial charge in [0.15, 0.2) is 5.13 Å². The Balaban J connectivity index is 1.31. The molecule has 2 N–H and O–H groups in total. The summed E-state index contributed by atoms with van der Waals surface area (Å²) in [6.07, 6.45) is 5.93. The van der Waals surface area contributed by atoms with Gasteiger partial charge in [0.2, 0.25) is 0 Å². The van der Waals surface area contributed by atoms with E-state index in [2.05, 4.69) is 70.0 Å². The number of anilines is 1. The van der Waals surface area contributed by atoms with Crippen LogP contribution in [0.5, 0.6) is 0 Å². The minimum Gasteiger partial charge on any atom is -0.375 e. The van der Waals surface area contributed by atoms with E-state index in [9.17, 15) is 0 Å². The van der Waals surface area contributed by atoms with Crippen LogP contribution in [0.4, 0.5) is 5.13 Å². The number of nitrogen functional groups attached to an aromatic ring is 1. The summed E-state index contributed by atoms with van der Waals surface area (Å²) in [5.74, 6) is 0. The van der Waals surface area contributed by atoms with E-state index in [1.165, 1.54) is 16.7 Å². The molecule has 3 heterocycles. The Morgan fingerprint density at radius 1 is 0.935 bits per heavy atom. The van der Waals surface area contributed by atoms with Crippen LogP contribution in [0.3, 0.4) is 0 Å². The summed E-state index contributed by atoms with van der Waals surface area (Å²) in [6, 6.07) is 21.7. The highest BCUT2D eigenvalue weighted by Crippen LogP contribution is 2.42. The van der Waals surface area contributed by atoms with Gasteiger partial charge in [-0.25, -0.2) is 4.98 Å². The van der Waals surface area contributed by atoms with E-state index in [-0.39, 0.29) is 5.41 Å². The topological polar surface area (TPSA) is 60.0 Å². The van der Waals surface area contributed by atoms with E-state index < -0.39 is 0 Å². The van der Waals surface area contributed by atoms with Crippen LogP contribution in [0.2, 0.25) is 0 Å². The van der Waals surface area contributed by atoms with Crippen LogP contribution in [0.1, 0.15) is 35.2 Å². The Morgan fingerprint density at radius 3 is 2.39 bits per heavy atom. The summed E-state index contributed by atoms with van der Waals surface area (Å²) in [7, 11) is 0. The molecule has 0 saturated carbocycles. The zero-order valence-electron chi connectivity index (χ0n) is 17.5. The average molecular weight is 430 g/mol. The van der Waals surface area contributed by atoms with Gasteiger partial charge in [-0.2, -0.15) is 5.10 Å². The van der Waals surface area contributed by atoms with Gasteiger partial charge in [0.05, 0.1) is 12.2 Å². The van der Waals surface area contributed by atoms with E-state index in [0.29, 0.717) is 5.13 Å². The molecule has 5 rings (SSSR count). The average Bonchev–Trinajstić information content (AvgIpc) is 3.47. The van der Waals surface area contributed by atoms with Crippen molar-refractivity contribution in [2.24, 2.45) is 0 Å². The molecule has 0 bridgehead atoms. The molecule has 158 valence electrons. The third-order valence-corrected chi connectivity index (χ3v) is 7.02. The van der Waals surface area contributed by atoms with Crippen molar-refractivity contribution in [3.8, 4) is 0 Å². The highest BCUT2D eigenvalue weighted by molar-refractivity contribution is 7.13. The summed E-state index contributed by atoms with van der Waals surface area (Å²) in [6.45, 7) is 3.85. The minimum absolute atomic E-state index is 0.0478. The number of hydrogen-bond acceptors (Lipinski definition) is 5. The Bertz CT molecular complexity index is 1110. The summed E-state index contributed by atoms with van der Waals surface area (Å²) < 4.78 is 1.97. The predicted molar refractivity (Wildman–Crippen MR) is 126 cm³/mol. The molecule has 31 heavy (non-hydrogen) atoms. The maximum Gasteiger partial charge on any atom is 0.180 e. The molecule has 5 nitrogen and oxygen atoms in total. The van der Waals surface area contributed by atoms with Crippen molar-refractivity contribution in [3.63, 3.8) is 0 Å². The number of aromatic nitrogens is 3. The van der Waals surface area contributed by atoms with Crippen LogP contribution < -0.4 is 5.73 Å². The molecule has 0 atom stereocenters. The molecule has 2 aromatic heterocycles. The molecule has 0 spiro atoms. The van der Waals surface area contributed by atoms with Crippen molar-refractivity contribution in [2.75, 3.05) is 18.8 Å². The quantitative estimate of drug-likeness (QED) is 0.488. The third kappa shape index (κ3) is 4.27. The number of nitrogens with zero attached hydrogens (tertiary/aromatic N) is 4. The zero-order valence-corrected chi connectivity index (χ0v) is 18.3. The van der Waals surface area contributed by atoms with Crippen LogP contribution >= 0.6 is 11.3 Å². The monoisotopic (exact) mass is 429 g/mol. The summed E-state index contributed by atoms with van der Waals surface area (Å²) in [4.78, 5) is 7.27. The molecule has 1 fully saturated rings. The van der Waals surface area contributed by atoms with Crippen LogP contribution in [0, 0.1) is 0 Å². The first-order valence-corrected chi connectivity index (χ1v) is 11.6. The smallest absolute Gasteiger partial charge is 0.180 e. The van der Waals surface area contributed by atoms with Crippen LogP contribution in [0.15, 0.2) is 78.4 Å². The van der Waals surface area contributed by atoms with Crippen molar-refractivity contribution >= 4 is 16.5 Å². The van der Waals surface area contributed by atoms with E-state index in [4.69, 9.17) is 10.7 Å². The molecular weight excluding hydrogens is 402 g/mol. The van der Waals surface area contributed by atoms with E-state index in [1.807, 2.05) is 23.1 Å². The second kappa shape index (κ2) is 8.65. The molecule has 2 aromatic carbocycles. The Kier molecular flexibility index (Phi) is 5.57. The minimum atomic E-state index is -0.0478. The first-order valence-electron chi connectivity index (χ1n) is 10.8. The van der Waals surface area contributed by atoms with Crippen LogP contribution in [-0.2, 0) is 18.5 Å². The predicted octanol–water partition coefficient (Wildman–Crippen LogP) is 4.55. The molecule has 1 aliphatic rings. The summed E-state index contributed by atoms with van der Waals surface area (Å²) in [5, 5.41) is 7.13. The standard InChI is InChI=1S/C25H27N5S/c26-24-28-23(19-31-24)25(22-8-2-1-3-9-22)10-14-29(15-11-25)17-20-6-4-7-21(16-20)18-30-13-5-12-27-30/h1-9,12-13,16,19H,10-11,14-15,17-18H2,(H2,26,28). The number of nitrogens with two attached hydrogens (primary N) is 1. The van der Waals surface area contributed by atoms with Crippen LogP contribution in [-0.4, -0.2) is 32.8 Å². The van der Waals surface area contributed by atoms with Gasteiger partial charge in [0.1, 0.15) is 0 Å². The largest absolute Gasteiger partial charge is 0.375 e. The lowest BCUT2D eigenvalue weighted by atomic mass is 9.70. The second-order valence-electron chi connectivity index (χ2n) is 8.32. The molecule has 0 aliphatic carbocycles. The number of likely N-dealkylation sites (tertiary alicyclic amines) is 1. The van der Waals surface area contributed by atoms with Crippen molar-refractivity contribution in [1.82, 2.24) is 19.7 Å². The lowest BCUT2D eigenvalue weighted by Gasteiger charge is -2.41. The molecule has 1 saturated heterocycles. The lowest BCUT2D eigenvalue weighted by Crippen LogP contribution is -2.43. The fraction of sp³-hybridized carbons (Fsp3) is 0.280. The van der Waals surface area contributed by atoms with Crippen molar-refractivity contribution in [1.29, 1.82) is 0 Å². The van der Waals surface area contributed by atoms with E-state index in [1.54, 1.807) is 11.3 Å². The molecule has 0 amide bonds. The highest BCUT2D eigenvalue weighted by Gasteiger charge is 2.39. The summed E-state index contributed by atoms with van der Waals surface area (Å²) in [5.41, 5.74) is 11.1. The molecule has 1 aliphatic heterocycles. The molecule has 4 aromatic rings. The SMILES string of the molecule is Nc1nc(C2(c3ccccc3)CCN(Cc3cccc(Cn4cccn4)c3)CC2)cs1. The summed E-state index contributed by atoms with van der Waals surface area (Å²) >= 11 is 1.54.